The van der Waals surface area contributed by atoms with Crippen LogP contribution in [0.1, 0.15) is 27.2 Å². The van der Waals surface area contributed by atoms with Gasteiger partial charge in [0.25, 0.3) is 0 Å². The number of nitrogens with zero attached hydrogens (tertiary/aromatic N) is 2. The molecule has 1 aliphatic rings. The summed E-state index contributed by atoms with van der Waals surface area (Å²) in [5.74, 6) is 0.889. The van der Waals surface area contributed by atoms with E-state index < -0.39 is 10.0 Å². The molecule has 3 N–H and O–H groups in total. The Morgan fingerprint density at radius 2 is 1.92 bits per heavy atom. The number of guanidine groups is 1. The van der Waals surface area contributed by atoms with Crippen molar-refractivity contribution in [1.82, 2.24) is 20.3 Å². The quantitative estimate of drug-likeness (QED) is 0.278. The van der Waals surface area contributed by atoms with E-state index in [2.05, 4.69) is 32.2 Å². The molecule has 0 aromatic rings. The van der Waals surface area contributed by atoms with Gasteiger partial charge >= 0.3 is 0 Å². The van der Waals surface area contributed by atoms with Gasteiger partial charge in [-0.3, -0.25) is 9.89 Å². The van der Waals surface area contributed by atoms with E-state index in [-0.39, 0.29) is 5.75 Å². The maximum atomic E-state index is 11.3. The van der Waals surface area contributed by atoms with Crippen molar-refractivity contribution in [3.8, 4) is 0 Å². The molecule has 9 heteroatoms. The van der Waals surface area contributed by atoms with Gasteiger partial charge in [-0.05, 0) is 27.2 Å². The highest BCUT2D eigenvalue weighted by molar-refractivity contribution is 7.89. The second-order valence-electron chi connectivity index (χ2n) is 5.80. The first-order chi connectivity index (χ1) is 11.5. The standard InChI is InChI=1S/C15H33N5O3S/c1-4-16-15(17-7-6-8-19-24(21,22)5-2)18-13-14(3)20-9-11-23-12-10-20/h14,19H,4-13H2,1-3H3,(H2,16,17,18). The lowest BCUT2D eigenvalue weighted by Gasteiger charge is -2.31. The largest absolute Gasteiger partial charge is 0.379 e. The van der Waals surface area contributed by atoms with Crippen molar-refractivity contribution in [3.63, 3.8) is 0 Å². The molecule has 1 unspecified atom stereocenters. The molecule has 0 amide bonds. The first-order valence-corrected chi connectivity index (χ1v) is 10.4. The molecule has 1 rings (SSSR count). The van der Waals surface area contributed by atoms with Crippen LogP contribution in [0.25, 0.3) is 0 Å². The molecule has 0 aromatic carbocycles. The molecule has 0 bridgehead atoms. The Morgan fingerprint density at radius 1 is 1.21 bits per heavy atom. The highest BCUT2D eigenvalue weighted by atomic mass is 32.2. The number of hydrogen-bond acceptors (Lipinski definition) is 5. The van der Waals surface area contributed by atoms with Crippen LogP contribution in [0.5, 0.6) is 0 Å². The van der Waals surface area contributed by atoms with Gasteiger partial charge in [-0.2, -0.15) is 0 Å². The smallest absolute Gasteiger partial charge is 0.211 e. The van der Waals surface area contributed by atoms with Crippen LogP contribution in [0, 0.1) is 0 Å². The van der Waals surface area contributed by atoms with Crippen molar-refractivity contribution in [2.75, 3.05) is 58.2 Å². The molecule has 24 heavy (non-hydrogen) atoms. The molecule has 0 radical (unpaired) electrons. The van der Waals surface area contributed by atoms with Gasteiger partial charge in [0.2, 0.25) is 10.0 Å². The number of morpholine rings is 1. The molecular weight excluding hydrogens is 330 g/mol. The van der Waals surface area contributed by atoms with Gasteiger partial charge < -0.3 is 15.4 Å². The fraction of sp³-hybridized carbons (Fsp3) is 0.933. The van der Waals surface area contributed by atoms with Crippen LogP contribution >= 0.6 is 0 Å². The Labute approximate surface area is 146 Å². The van der Waals surface area contributed by atoms with Crippen molar-refractivity contribution in [1.29, 1.82) is 0 Å². The normalized spacial score (nSPS) is 18.4. The minimum Gasteiger partial charge on any atom is -0.379 e. The van der Waals surface area contributed by atoms with Crippen LogP contribution in [0.4, 0.5) is 0 Å². The second-order valence-corrected chi connectivity index (χ2v) is 7.89. The summed E-state index contributed by atoms with van der Waals surface area (Å²) in [5, 5.41) is 6.46. The number of aliphatic imine (C=N–C) groups is 1. The summed E-state index contributed by atoms with van der Waals surface area (Å²) in [6.07, 6.45) is 0.711. The predicted molar refractivity (Wildman–Crippen MR) is 97.9 cm³/mol. The van der Waals surface area contributed by atoms with E-state index in [0.717, 1.165) is 45.4 Å². The van der Waals surface area contributed by atoms with E-state index >= 15 is 0 Å². The second kappa shape index (κ2) is 11.6. The summed E-state index contributed by atoms with van der Waals surface area (Å²) >= 11 is 0. The highest BCUT2D eigenvalue weighted by Crippen LogP contribution is 2.03. The molecule has 1 saturated heterocycles. The van der Waals surface area contributed by atoms with E-state index in [4.69, 9.17) is 4.74 Å². The minimum absolute atomic E-state index is 0.115. The number of hydrogen-bond donors (Lipinski definition) is 3. The third kappa shape index (κ3) is 8.81. The lowest BCUT2D eigenvalue weighted by atomic mass is 10.2. The summed E-state index contributed by atoms with van der Waals surface area (Å²) in [6.45, 7) is 12.0. The summed E-state index contributed by atoms with van der Waals surface area (Å²) in [5.41, 5.74) is 0. The van der Waals surface area contributed by atoms with E-state index in [1.165, 1.54) is 0 Å². The van der Waals surface area contributed by atoms with Gasteiger partial charge in [-0.15, -0.1) is 0 Å². The minimum atomic E-state index is -3.10. The first kappa shape index (κ1) is 21.1. The van der Waals surface area contributed by atoms with Gasteiger partial charge in [-0.25, -0.2) is 13.1 Å². The topological polar surface area (TPSA) is 95.1 Å². The van der Waals surface area contributed by atoms with Crippen LogP contribution in [-0.2, 0) is 14.8 Å². The number of nitrogens with one attached hydrogen (secondary N) is 3. The zero-order chi connectivity index (χ0) is 17.8. The maximum absolute atomic E-state index is 11.3. The number of rotatable bonds is 10. The fourth-order valence-corrected chi connectivity index (χ4v) is 2.98. The lowest BCUT2D eigenvalue weighted by molar-refractivity contribution is 0.0220. The molecule has 1 heterocycles. The third-order valence-electron chi connectivity index (χ3n) is 3.87. The molecule has 0 saturated carbocycles. The highest BCUT2D eigenvalue weighted by Gasteiger charge is 2.16. The van der Waals surface area contributed by atoms with Crippen LogP contribution in [0.15, 0.2) is 4.99 Å². The van der Waals surface area contributed by atoms with Crippen molar-refractivity contribution >= 4 is 16.0 Å². The Kier molecular flexibility index (Phi) is 10.2. The van der Waals surface area contributed by atoms with Crippen LogP contribution in [0.2, 0.25) is 0 Å². The van der Waals surface area contributed by atoms with E-state index in [1.807, 2.05) is 6.92 Å². The van der Waals surface area contributed by atoms with Gasteiger partial charge in [0.05, 0.1) is 25.5 Å². The Balaban J connectivity index is 2.31. The molecule has 0 aromatic heterocycles. The maximum Gasteiger partial charge on any atom is 0.211 e. The first-order valence-electron chi connectivity index (χ1n) is 8.79. The summed E-state index contributed by atoms with van der Waals surface area (Å²) in [7, 11) is -3.10. The summed E-state index contributed by atoms with van der Waals surface area (Å²) in [6, 6.07) is 0.376. The van der Waals surface area contributed by atoms with Crippen molar-refractivity contribution in [3.05, 3.63) is 0 Å². The van der Waals surface area contributed by atoms with Crippen LogP contribution < -0.4 is 15.4 Å². The molecule has 8 nitrogen and oxygen atoms in total. The van der Waals surface area contributed by atoms with Crippen molar-refractivity contribution in [2.45, 2.75) is 33.2 Å². The van der Waals surface area contributed by atoms with Crippen LogP contribution in [-0.4, -0.2) is 83.6 Å². The number of ether oxygens (including phenoxy) is 1. The fourth-order valence-electron chi connectivity index (χ4n) is 2.32. The third-order valence-corrected chi connectivity index (χ3v) is 5.28. The lowest BCUT2D eigenvalue weighted by Crippen LogP contribution is -2.44. The average molecular weight is 364 g/mol. The number of sulfonamides is 1. The van der Waals surface area contributed by atoms with Gasteiger partial charge in [0.1, 0.15) is 0 Å². The molecule has 1 aliphatic heterocycles. The van der Waals surface area contributed by atoms with Gasteiger partial charge in [0.15, 0.2) is 5.96 Å². The Bertz CT molecular complexity index is 464. The summed E-state index contributed by atoms with van der Waals surface area (Å²) < 4.78 is 30.6. The SMILES string of the molecule is CCNC(=NCC(C)N1CCOCC1)NCCCNS(=O)(=O)CC. The monoisotopic (exact) mass is 363 g/mol. The van der Waals surface area contributed by atoms with E-state index in [9.17, 15) is 8.42 Å². The predicted octanol–water partition coefficient (Wildman–Crippen LogP) is -0.408. The van der Waals surface area contributed by atoms with Crippen molar-refractivity contribution in [2.24, 2.45) is 4.99 Å². The van der Waals surface area contributed by atoms with Gasteiger partial charge in [0, 0.05) is 38.8 Å². The molecule has 1 atom stereocenters. The van der Waals surface area contributed by atoms with Crippen LogP contribution in [0.3, 0.4) is 0 Å². The summed E-state index contributed by atoms with van der Waals surface area (Å²) in [4.78, 5) is 7.01. The Hall–Kier alpha value is -0.900. The van der Waals surface area contributed by atoms with E-state index in [1.54, 1.807) is 6.92 Å². The van der Waals surface area contributed by atoms with E-state index in [0.29, 0.717) is 25.6 Å². The molecule has 142 valence electrons. The van der Waals surface area contributed by atoms with Crippen molar-refractivity contribution < 1.29 is 13.2 Å². The zero-order valence-electron chi connectivity index (χ0n) is 15.2. The molecular formula is C15H33N5O3S. The van der Waals surface area contributed by atoms with Gasteiger partial charge in [-0.1, -0.05) is 0 Å². The molecule has 0 spiro atoms. The molecule has 0 aliphatic carbocycles. The molecule has 1 fully saturated rings. The average Bonchev–Trinajstić information content (AvgIpc) is 2.59. The Morgan fingerprint density at radius 3 is 2.54 bits per heavy atom. The zero-order valence-corrected chi connectivity index (χ0v) is 16.0.